The normalized spacial score (nSPS) is 30.3. The molecular weight excluding hydrogens is 192 g/mol. The van der Waals surface area contributed by atoms with Crippen LogP contribution in [-0.2, 0) is 0 Å². The molecule has 0 aromatic heterocycles. The second-order valence-corrected chi connectivity index (χ2v) is 4.26. The molecule has 1 aliphatic carbocycles. The molecule has 11 heavy (non-hydrogen) atoms. The van der Waals surface area contributed by atoms with Crippen molar-refractivity contribution in [3.05, 3.63) is 23.8 Å². The van der Waals surface area contributed by atoms with Gasteiger partial charge in [-0.25, -0.2) is 0 Å². The molecule has 0 radical (unpaired) electrons. The van der Waals surface area contributed by atoms with Gasteiger partial charge < -0.3 is 0 Å². The first-order valence-electron chi connectivity index (χ1n) is 3.52. The van der Waals surface area contributed by atoms with Gasteiger partial charge in [0, 0.05) is 16.3 Å². The quantitative estimate of drug-likeness (QED) is 0.565. The van der Waals surface area contributed by atoms with Crippen LogP contribution in [0.5, 0.6) is 0 Å². The molecule has 1 unspecified atom stereocenters. The van der Waals surface area contributed by atoms with E-state index in [1.165, 1.54) is 5.57 Å². The number of allylic oxidation sites excluding steroid dienone is 2. The van der Waals surface area contributed by atoms with Crippen LogP contribution in [0.15, 0.2) is 23.8 Å². The van der Waals surface area contributed by atoms with Crippen LogP contribution in [0.2, 0.25) is 0 Å². The molecule has 0 spiro atoms. The van der Waals surface area contributed by atoms with Crippen LogP contribution < -0.4 is 0 Å². The summed E-state index contributed by atoms with van der Waals surface area (Å²) in [5.74, 6) is 1.59. The summed E-state index contributed by atoms with van der Waals surface area (Å²) in [7, 11) is 0. The van der Waals surface area contributed by atoms with Crippen LogP contribution in [0.25, 0.3) is 0 Å². The minimum atomic E-state index is -0.0322. The van der Waals surface area contributed by atoms with E-state index < -0.39 is 0 Å². The maximum absolute atomic E-state index is 4.50. The topological polar surface area (TPSA) is 0 Å². The van der Waals surface area contributed by atoms with Crippen molar-refractivity contribution in [1.82, 2.24) is 0 Å². The third-order valence-electron chi connectivity index (χ3n) is 1.78. The van der Waals surface area contributed by atoms with Gasteiger partial charge in [0.25, 0.3) is 0 Å². The molecule has 1 aliphatic rings. The van der Waals surface area contributed by atoms with Crippen LogP contribution in [0, 0.1) is 0 Å². The molecule has 0 amide bonds. The Labute approximate surface area is 84.4 Å². The Morgan fingerprint density at radius 2 is 2.18 bits per heavy atom. The first-order chi connectivity index (χ1) is 5.20. The summed E-state index contributed by atoms with van der Waals surface area (Å²) in [6, 6.07) is 0. The van der Waals surface area contributed by atoms with E-state index >= 15 is 0 Å². The van der Waals surface area contributed by atoms with Crippen molar-refractivity contribution in [2.24, 2.45) is 0 Å². The van der Waals surface area contributed by atoms with Crippen LogP contribution >= 0.6 is 37.9 Å². The molecule has 0 aliphatic heterocycles. The molecule has 0 nitrogen and oxygen atoms in total. The predicted molar refractivity (Wildman–Crippen MR) is 61.3 cm³/mol. The van der Waals surface area contributed by atoms with E-state index in [4.69, 9.17) is 0 Å². The first kappa shape index (κ1) is 9.62. The van der Waals surface area contributed by atoms with Gasteiger partial charge in [-0.2, -0.15) is 37.9 Å². The SMILES string of the molecule is SCC1=CCC(S)(CS)C=C1. The molecule has 0 saturated carbocycles. The molecule has 1 rings (SSSR count). The van der Waals surface area contributed by atoms with Crippen LogP contribution in [0.3, 0.4) is 0 Å². The Morgan fingerprint density at radius 1 is 1.45 bits per heavy atom. The number of rotatable bonds is 2. The van der Waals surface area contributed by atoms with Crippen molar-refractivity contribution in [3.8, 4) is 0 Å². The highest BCUT2D eigenvalue weighted by Crippen LogP contribution is 2.28. The van der Waals surface area contributed by atoms with Gasteiger partial charge in [-0.05, 0) is 12.0 Å². The van der Waals surface area contributed by atoms with Crippen molar-refractivity contribution >= 4 is 37.9 Å². The van der Waals surface area contributed by atoms with E-state index in [0.717, 1.165) is 17.9 Å². The lowest BCUT2D eigenvalue weighted by Gasteiger charge is -2.24. The molecular formula is C8H12S3. The molecule has 0 heterocycles. The fraction of sp³-hybridized carbons (Fsp3) is 0.500. The van der Waals surface area contributed by atoms with E-state index in [1.807, 2.05) is 0 Å². The second kappa shape index (κ2) is 3.97. The minimum absolute atomic E-state index is 0.0322. The van der Waals surface area contributed by atoms with Gasteiger partial charge in [-0.3, -0.25) is 0 Å². The summed E-state index contributed by atoms with van der Waals surface area (Å²) in [5, 5.41) is 0. The lowest BCUT2D eigenvalue weighted by molar-refractivity contribution is 0.813. The van der Waals surface area contributed by atoms with Crippen molar-refractivity contribution in [2.75, 3.05) is 11.5 Å². The van der Waals surface area contributed by atoms with E-state index in [1.54, 1.807) is 0 Å². The maximum Gasteiger partial charge on any atom is 0.0434 e. The highest BCUT2D eigenvalue weighted by Gasteiger charge is 2.21. The van der Waals surface area contributed by atoms with Crippen molar-refractivity contribution in [1.29, 1.82) is 0 Å². The van der Waals surface area contributed by atoms with Crippen molar-refractivity contribution in [3.63, 3.8) is 0 Å². The minimum Gasteiger partial charge on any atom is -0.178 e. The van der Waals surface area contributed by atoms with Gasteiger partial charge in [0.05, 0.1) is 0 Å². The summed E-state index contributed by atoms with van der Waals surface area (Å²) >= 11 is 12.9. The summed E-state index contributed by atoms with van der Waals surface area (Å²) < 4.78 is -0.0322. The lowest BCUT2D eigenvalue weighted by atomic mass is 9.98. The predicted octanol–water partition coefficient (Wildman–Crippen LogP) is 2.40. The Bertz CT molecular complexity index is 196. The highest BCUT2D eigenvalue weighted by molar-refractivity contribution is 7.85. The Kier molecular flexibility index (Phi) is 3.47. The average Bonchev–Trinajstić information content (AvgIpc) is 2.06. The summed E-state index contributed by atoms with van der Waals surface area (Å²) in [5.41, 5.74) is 1.28. The number of hydrogen-bond acceptors (Lipinski definition) is 3. The Morgan fingerprint density at radius 3 is 2.55 bits per heavy atom. The fourth-order valence-electron chi connectivity index (χ4n) is 0.941. The van der Waals surface area contributed by atoms with Gasteiger partial charge in [0.15, 0.2) is 0 Å². The third kappa shape index (κ3) is 2.49. The van der Waals surface area contributed by atoms with Gasteiger partial charge in [0.2, 0.25) is 0 Å². The van der Waals surface area contributed by atoms with Crippen LogP contribution in [-0.4, -0.2) is 16.3 Å². The molecule has 0 bridgehead atoms. The maximum atomic E-state index is 4.50. The van der Waals surface area contributed by atoms with E-state index in [2.05, 4.69) is 56.1 Å². The second-order valence-electron chi connectivity index (χ2n) is 2.74. The molecule has 0 fully saturated rings. The summed E-state index contributed by atoms with van der Waals surface area (Å²) in [6.07, 6.45) is 7.33. The summed E-state index contributed by atoms with van der Waals surface area (Å²) in [4.78, 5) is 0. The molecule has 62 valence electrons. The van der Waals surface area contributed by atoms with Gasteiger partial charge in [-0.1, -0.05) is 18.2 Å². The monoisotopic (exact) mass is 204 g/mol. The Balaban J connectivity index is 2.63. The standard InChI is InChI=1S/C8H12S3/c9-5-7-1-3-8(11,6-10)4-2-7/h1-3,9-11H,4-6H2. The molecule has 3 heteroatoms. The van der Waals surface area contributed by atoms with Gasteiger partial charge in [-0.15, -0.1) is 0 Å². The van der Waals surface area contributed by atoms with E-state index in [9.17, 15) is 0 Å². The van der Waals surface area contributed by atoms with E-state index in [-0.39, 0.29) is 4.75 Å². The lowest BCUT2D eigenvalue weighted by Crippen LogP contribution is -2.21. The van der Waals surface area contributed by atoms with Crippen LogP contribution in [0.1, 0.15) is 6.42 Å². The van der Waals surface area contributed by atoms with Gasteiger partial charge in [0.1, 0.15) is 0 Å². The molecule has 0 aromatic rings. The zero-order chi connectivity index (χ0) is 8.32. The Hall–Kier alpha value is 0.530. The highest BCUT2D eigenvalue weighted by atomic mass is 32.1. The van der Waals surface area contributed by atoms with Crippen LogP contribution in [0.4, 0.5) is 0 Å². The molecule has 0 N–H and O–H groups in total. The first-order valence-corrected chi connectivity index (χ1v) is 5.24. The third-order valence-corrected chi connectivity index (χ3v) is 3.45. The van der Waals surface area contributed by atoms with E-state index in [0.29, 0.717) is 0 Å². The molecule has 1 atom stereocenters. The average molecular weight is 204 g/mol. The zero-order valence-electron chi connectivity index (χ0n) is 6.20. The smallest absolute Gasteiger partial charge is 0.0434 e. The van der Waals surface area contributed by atoms with Gasteiger partial charge >= 0.3 is 0 Å². The molecule has 0 saturated heterocycles. The largest absolute Gasteiger partial charge is 0.178 e. The number of thiol groups is 3. The fourth-order valence-corrected chi connectivity index (χ4v) is 1.58. The number of hydrogen-bond donors (Lipinski definition) is 3. The molecule has 0 aromatic carbocycles. The summed E-state index contributed by atoms with van der Waals surface area (Å²) in [6.45, 7) is 0. The van der Waals surface area contributed by atoms with Crippen molar-refractivity contribution in [2.45, 2.75) is 11.2 Å². The zero-order valence-corrected chi connectivity index (χ0v) is 8.88. The van der Waals surface area contributed by atoms with Crippen molar-refractivity contribution < 1.29 is 0 Å².